The minimum Gasteiger partial charge on any atom is -0.385 e. The highest BCUT2D eigenvalue weighted by molar-refractivity contribution is 5.44. The van der Waals surface area contributed by atoms with E-state index < -0.39 is 0 Å². The van der Waals surface area contributed by atoms with Gasteiger partial charge in [0.15, 0.2) is 0 Å². The van der Waals surface area contributed by atoms with Gasteiger partial charge in [-0.2, -0.15) is 0 Å². The molecule has 1 N–H and O–H groups in total. The molecule has 2 heteroatoms. The third-order valence-electron chi connectivity index (χ3n) is 6.31. The van der Waals surface area contributed by atoms with Gasteiger partial charge in [0.1, 0.15) is 5.82 Å². The Hall–Kier alpha value is -3.39. The van der Waals surface area contributed by atoms with E-state index in [4.69, 9.17) is 0 Å². The van der Waals surface area contributed by atoms with E-state index in [1.54, 1.807) is 0 Å². The molecular formula is C46H74FN. The van der Waals surface area contributed by atoms with Crippen molar-refractivity contribution in [2.24, 2.45) is 0 Å². The molecule has 0 atom stereocenters. The first-order chi connectivity index (χ1) is 22.8. The van der Waals surface area contributed by atoms with E-state index in [2.05, 4.69) is 116 Å². The van der Waals surface area contributed by atoms with Crippen LogP contribution in [-0.2, 0) is 6.42 Å². The van der Waals surface area contributed by atoms with Crippen LogP contribution in [0.15, 0.2) is 103 Å². The number of halogens is 1. The molecule has 0 fully saturated rings. The predicted octanol–water partition coefficient (Wildman–Crippen LogP) is 15.3. The largest absolute Gasteiger partial charge is 0.385 e. The summed E-state index contributed by atoms with van der Waals surface area (Å²) in [6.07, 6.45) is 14.8. The Kier molecular flexibility index (Phi) is 35.7. The van der Waals surface area contributed by atoms with Crippen LogP contribution in [-0.4, -0.2) is 6.54 Å². The van der Waals surface area contributed by atoms with E-state index in [1.807, 2.05) is 64.1 Å². The zero-order valence-corrected chi connectivity index (χ0v) is 33.4. The third-order valence-corrected chi connectivity index (χ3v) is 6.31. The Morgan fingerprint density at radius 2 is 1.21 bits per heavy atom. The van der Waals surface area contributed by atoms with Crippen LogP contribution in [0.1, 0.15) is 135 Å². The summed E-state index contributed by atoms with van der Waals surface area (Å²) in [6.45, 7) is 32.7. The van der Waals surface area contributed by atoms with Gasteiger partial charge in [-0.3, -0.25) is 0 Å². The maximum Gasteiger partial charge on any atom is 0.129 e. The van der Waals surface area contributed by atoms with Crippen molar-refractivity contribution < 1.29 is 4.39 Å². The highest BCUT2D eigenvalue weighted by Crippen LogP contribution is 2.17. The normalized spacial score (nSPS) is 9.10. The van der Waals surface area contributed by atoms with Crippen LogP contribution in [0.4, 0.5) is 10.1 Å². The molecule has 0 amide bonds. The molecule has 0 heterocycles. The molecule has 3 aromatic carbocycles. The average molecular weight is 660 g/mol. The first-order valence-corrected chi connectivity index (χ1v) is 18.2. The van der Waals surface area contributed by atoms with Gasteiger partial charge in [0.2, 0.25) is 0 Å². The highest BCUT2D eigenvalue weighted by atomic mass is 19.1. The second-order valence-electron chi connectivity index (χ2n) is 12.8. The first kappa shape index (κ1) is 49.0. The van der Waals surface area contributed by atoms with E-state index >= 15 is 0 Å². The first-order valence-electron chi connectivity index (χ1n) is 18.2. The smallest absolute Gasteiger partial charge is 0.129 e. The molecule has 0 aliphatic carbocycles. The van der Waals surface area contributed by atoms with Crippen molar-refractivity contribution in [3.05, 3.63) is 137 Å². The molecular weight excluding hydrogens is 586 g/mol. The Morgan fingerprint density at radius 1 is 0.729 bits per heavy atom. The molecule has 0 unspecified atom stereocenters. The molecule has 3 rings (SSSR count). The molecule has 0 aliphatic rings. The van der Waals surface area contributed by atoms with Crippen molar-refractivity contribution in [3.8, 4) is 0 Å². The summed E-state index contributed by atoms with van der Waals surface area (Å²) < 4.78 is 13.6. The van der Waals surface area contributed by atoms with Crippen molar-refractivity contribution in [3.63, 3.8) is 0 Å². The van der Waals surface area contributed by atoms with Crippen LogP contribution < -0.4 is 5.32 Å². The summed E-state index contributed by atoms with van der Waals surface area (Å²) in [5, 5.41) is 3.46. The Labute approximate surface area is 298 Å². The van der Waals surface area contributed by atoms with Gasteiger partial charge >= 0.3 is 0 Å². The van der Waals surface area contributed by atoms with Gasteiger partial charge in [0.05, 0.1) is 0 Å². The quantitative estimate of drug-likeness (QED) is 0.160. The molecule has 0 radical (unpaired) electrons. The summed E-state index contributed by atoms with van der Waals surface area (Å²) in [5.74, 6) is -0.0593. The molecule has 0 spiro atoms. The second-order valence-corrected chi connectivity index (χ2v) is 12.8. The van der Waals surface area contributed by atoms with Crippen LogP contribution in [0, 0.1) is 33.5 Å². The van der Waals surface area contributed by atoms with Gasteiger partial charge in [0.25, 0.3) is 0 Å². The Morgan fingerprint density at radius 3 is 1.56 bits per heavy atom. The van der Waals surface area contributed by atoms with E-state index in [9.17, 15) is 4.39 Å². The van der Waals surface area contributed by atoms with Gasteiger partial charge in [-0.15, -0.1) is 13.2 Å². The molecule has 0 aliphatic heterocycles. The zero-order valence-electron chi connectivity index (χ0n) is 33.4. The van der Waals surface area contributed by atoms with Gasteiger partial charge in [-0.05, 0) is 116 Å². The molecule has 1 nitrogen and oxygen atoms in total. The van der Waals surface area contributed by atoms with Crippen molar-refractivity contribution in [2.75, 3.05) is 11.9 Å². The van der Waals surface area contributed by atoms with Crippen LogP contribution in [0.25, 0.3) is 0 Å². The minimum absolute atomic E-state index is 0.0593. The van der Waals surface area contributed by atoms with Crippen LogP contribution in [0.3, 0.4) is 0 Å². The highest BCUT2D eigenvalue weighted by Gasteiger charge is 2.04. The van der Waals surface area contributed by atoms with Crippen LogP contribution in [0.2, 0.25) is 0 Å². The van der Waals surface area contributed by atoms with E-state index in [1.165, 1.54) is 78.5 Å². The predicted molar refractivity (Wildman–Crippen MR) is 220 cm³/mol. The Balaban J connectivity index is -0.000000655. The number of rotatable bonds is 11. The number of nitrogens with one attached hydrogen (secondary N) is 1. The zero-order chi connectivity index (χ0) is 37.2. The second kappa shape index (κ2) is 34.9. The van der Waals surface area contributed by atoms with E-state index in [0.29, 0.717) is 0 Å². The SMILES string of the molecule is C=C(C)C.C=CCCC.CCC.CCC=C(C)C.Cc1ccc(NCCCCCCc2cc(C)c(F)c(C)c2)cc1.Cc1ccccc1. The molecule has 270 valence electrons. The number of hydrogen-bond donors (Lipinski definition) is 1. The molecule has 3 aromatic rings. The lowest BCUT2D eigenvalue weighted by Gasteiger charge is -2.08. The summed E-state index contributed by atoms with van der Waals surface area (Å²) in [5.41, 5.74) is 9.19. The fourth-order valence-electron chi connectivity index (χ4n) is 4.04. The lowest BCUT2D eigenvalue weighted by atomic mass is 10.0. The van der Waals surface area contributed by atoms with E-state index in [-0.39, 0.29) is 5.82 Å². The summed E-state index contributed by atoms with van der Waals surface area (Å²) in [6, 6.07) is 22.8. The number of allylic oxidation sites excluding steroid dienone is 4. The summed E-state index contributed by atoms with van der Waals surface area (Å²) in [4.78, 5) is 0. The van der Waals surface area contributed by atoms with Gasteiger partial charge in [-0.1, -0.05) is 142 Å². The fraction of sp³-hybridized carbons (Fsp3) is 0.478. The lowest BCUT2D eigenvalue weighted by Crippen LogP contribution is -2.01. The third kappa shape index (κ3) is 35.5. The van der Waals surface area contributed by atoms with Gasteiger partial charge < -0.3 is 5.32 Å². The molecule has 0 saturated heterocycles. The number of hydrogen-bond acceptors (Lipinski definition) is 1. The number of aryl methyl sites for hydroxylation is 5. The van der Waals surface area contributed by atoms with E-state index in [0.717, 1.165) is 30.5 Å². The monoisotopic (exact) mass is 660 g/mol. The number of anilines is 1. The molecule has 0 aromatic heterocycles. The Bertz CT molecular complexity index is 1160. The van der Waals surface area contributed by atoms with Crippen molar-refractivity contribution >= 4 is 5.69 Å². The lowest BCUT2D eigenvalue weighted by molar-refractivity contribution is 0.606. The van der Waals surface area contributed by atoms with Crippen LogP contribution >= 0.6 is 0 Å². The van der Waals surface area contributed by atoms with Crippen molar-refractivity contribution in [2.45, 2.75) is 141 Å². The standard InChI is InChI=1S/C21H28FN.C7H8.C6H12.C5H10.C4H8.C3H8/c1-16-9-11-20(12-10-16)23-13-7-5-4-6-8-19-14-17(2)21(22)18(3)15-19;1-7-5-3-2-4-6-7;1-4-5-6(2)3;1-3-5-4-2;1-4(2)3;1-3-2/h9-12,14-15,23H,4-8,13H2,1-3H3;2-6H,1H3;5H,4H2,1-3H3;3H,1,4-5H2,2H3;1H2,2-3H3;3H2,1-2H3. The summed E-state index contributed by atoms with van der Waals surface area (Å²) in [7, 11) is 0. The average Bonchev–Trinajstić information content (AvgIpc) is 3.02. The van der Waals surface area contributed by atoms with Crippen molar-refractivity contribution in [1.29, 1.82) is 0 Å². The van der Waals surface area contributed by atoms with Crippen molar-refractivity contribution in [1.82, 2.24) is 0 Å². The molecule has 48 heavy (non-hydrogen) atoms. The maximum absolute atomic E-state index is 13.6. The maximum atomic E-state index is 13.6. The number of benzene rings is 3. The summed E-state index contributed by atoms with van der Waals surface area (Å²) >= 11 is 0. The molecule has 0 saturated carbocycles. The molecule has 0 bridgehead atoms. The van der Waals surface area contributed by atoms with Gasteiger partial charge in [-0.25, -0.2) is 4.39 Å². The van der Waals surface area contributed by atoms with Crippen LogP contribution in [0.5, 0.6) is 0 Å². The number of unbranched alkanes of at least 4 members (excludes halogenated alkanes) is 4. The fourth-order valence-corrected chi connectivity index (χ4v) is 4.04. The topological polar surface area (TPSA) is 12.0 Å². The minimum atomic E-state index is -0.0593. The van der Waals surface area contributed by atoms with Gasteiger partial charge in [0, 0.05) is 12.2 Å².